The zero-order valence-corrected chi connectivity index (χ0v) is 19.5. The molecule has 1 aromatic heterocycles. The van der Waals surface area contributed by atoms with Crippen molar-refractivity contribution < 1.29 is 9.59 Å². The van der Waals surface area contributed by atoms with Gasteiger partial charge in [-0.05, 0) is 55.5 Å². The largest absolute Gasteiger partial charge is 0.357 e. The van der Waals surface area contributed by atoms with E-state index in [1.165, 1.54) is 17.3 Å². The van der Waals surface area contributed by atoms with E-state index in [0.29, 0.717) is 12.2 Å². The highest BCUT2D eigenvalue weighted by Gasteiger charge is 2.39. The molecule has 0 fully saturated rings. The summed E-state index contributed by atoms with van der Waals surface area (Å²) in [4.78, 5) is 30.9. The van der Waals surface area contributed by atoms with E-state index in [1.54, 1.807) is 11.3 Å². The molecule has 162 valence electrons. The second kappa shape index (κ2) is 8.96. The number of rotatable bonds is 4. The summed E-state index contributed by atoms with van der Waals surface area (Å²) in [6.45, 7) is 2.05. The molecule has 1 aliphatic heterocycles. The van der Waals surface area contributed by atoms with Crippen LogP contribution in [0, 0.1) is 6.92 Å². The van der Waals surface area contributed by atoms with Crippen LogP contribution in [0.3, 0.4) is 0 Å². The van der Waals surface area contributed by atoms with Crippen LogP contribution >= 0.6 is 23.1 Å². The molecule has 3 aromatic rings. The molecule has 0 unspecified atom stereocenters. The highest BCUT2D eigenvalue weighted by atomic mass is 32.2. The number of hydrogen-bond donors (Lipinski definition) is 1. The van der Waals surface area contributed by atoms with Gasteiger partial charge in [0, 0.05) is 27.5 Å². The third-order valence-electron chi connectivity index (χ3n) is 5.90. The van der Waals surface area contributed by atoms with Gasteiger partial charge in [-0.15, -0.1) is 23.1 Å². The fourth-order valence-electron chi connectivity index (χ4n) is 4.37. The van der Waals surface area contributed by atoms with E-state index in [-0.39, 0.29) is 11.7 Å². The van der Waals surface area contributed by atoms with Crippen LogP contribution in [0.4, 0.5) is 11.4 Å². The van der Waals surface area contributed by atoms with Crippen LogP contribution in [-0.2, 0) is 9.59 Å². The zero-order valence-electron chi connectivity index (χ0n) is 17.8. The molecule has 2 aliphatic rings. The van der Waals surface area contributed by atoms with Gasteiger partial charge >= 0.3 is 0 Å². The molecule has 32 heavy (non-hydrogen) atoms. The molecule has 0 saturated heterocycles. The Morgan fingerprint density at radius 1 is 1.09 bits per heavy atom. The van der Waals surface area contributed by atoms with Crippen LogP contribution in [-0.4, -0.2) is 17.4 Å². The number of para-hydroxylation sites is 2. The van der Waals surface area contributed by atoms with Crippen molar-refractivity contribution >= 4 is 46.2 Å². The normalized spacial score (nSPS) is 18.0. The second-order valence-electron chi connectivity index (χ2n) is 8.09. The summed E-state index contributed by atoms with van der Waals surface area (Å²) in [5, 5.41) is 5.52. The molecule has 1 aliphatic carbocycles. The summed E-state index contributed by atoms with van der Waals surface area (Å²) in [6.07, 6.45) is 2.18. The lowest BCUT2D eigenvalue weighted by atomic mass is 9.88. The minimum absolute atomic E-state index is 0.00431. The number of benzene rings is 2. The number of ketones is 1. The van der Waals surface area contributed by atoms with E-state index in [9.17, 15) is 9.59 Å². The number of thioether (sulfide) groups is 1. The molecule has 0 bridgehead atoms. The minimum Gasteiger partial charge on any atom is -0.357 e. The van der Waals surface area contributed by atoms with E-state index >= 15 is 0 Å². The van der Waals surface area contributed by atoms with Crippen LogP contribution in [0.1, 0.15) is 35.7 Å². The van der Waals surface area contributed by atoms with Crippen LogP contribution in [0.15, 0.2) is 82.2 Å². The van der Waals surface area contributed by atoms with Crippen LogP contribution in [0.5, 0.6) is 0 Å². The lowest BCUT2D eigenvalue weighted by Crippen LogP contribution is -2.38. The maximum atomic E-state index is 13.8. The number of thiophene rings is 1. The smallest absolute Gasteiger partial charge is 0.238 e. The summed E-state index contributed by atoms with van der Waals surface area (Å²) < 4.78 is 0. The number of nitrogens with one attached hydrogen (secondary N) is 1. The van der Waals surface area contributed by atoms with Crippen molar-refractivity contribution in [1.82, 2.24) is 0 Å². The van der Waals surface area contributed by atoms with Crippen molar-refractivity contribution in [1.29, 1.82) is 0 Å². The predicted molar refractivity (Wildman–Crippen MR) is 132 cm³/mol. The molecule has 2 heterocycles. The number of amides is 1. The van der Waals surface area contributed by atoms with Gasteiger partial charge in [0.25, 0.3) is 0 Å². The van der Waals surface area contributed by atoms with Gasteiger partial charge in [0.1, 0.15) is 6.04 Å². The summed E-state index contributed by atoms with van der Waals surface area (Å²) >= 11 is 3.13. The first-order chi connectivity index (χ1) is 15.6. The summed E-state index contributed by atoms with van der Waals surface area (Å²) in [6, 6.07) is 19.7. The molecule has 5 rings (SSSR count). The van der Waals surface area contributed by atoms with Gasteiger partial charge in [0.15, 0.2) is 5.78 Å². The van der Waals surface area contributed by atoms with E-state index in [2.05, 4.69) is 24.4 Å². The number of Topliss-reactive ketones (excluding diaryl/α,β-unsaturated/α-hetero) is 1. The Morgan fingerprint density at radius 3 is 2.69 bits per heavy atom. The molecular formula is C26H24N2O2S2. The van der Waals surface area contributed by atoms with Gasteiger partial charge in [-0.25, -0.2) is 0 Å². The first kappa shape index (κ1) is 21.0. The predicted octanol–water partition coefficient (Wildman–Crippen LogP) is 6.36. The molecule has 0 spiro atoms. The number of allylic oxidation sites excluding steroid dienone is 1. The Hall–Kier alpha value is -2.83. The second-order valence-corrected chi connectivity index (χ2v) is 10.1. The van der Waals surface area contributed by atoms with Crippen molar-refractivity contribution in [2.24, 2.45) is 0 Å². The van der Waals surface area contributed by atoms with Crippen LogP contribution < -0.4 is 10.2 Å². The van der Waals surface area contributed by atoms with Crippen LogP contribution in [0.2, 0.25) is 0 Å². The third kappa shape index (κ3) is 4.00. The van der Waals surface area contributed by atoms with E-state index in [4.69, 9.17) is 0 Å². The third-order valence-corrected chi connectivity index (χ3v) is 7.82. The van der Waals surface area contributed by atoms with Crippen molar-refractivity contribution in [2.45, 2.75) is 37.1 Å². The molecule has 4 nitrogen and oxygen atoms in total. The van der Waals surface area contributed by atoms with Gasteiger partial charge < -0.3 is 5.32 Å². The van der Waals surface area contributed by atoms with Gasteiger partial charge in [-0.3, -0.25) is 14.5 Å². The fourth-order valence-corrected chi connectivity index (χ4v) is 5.96. The van der Waals surface area contributed by atoms with Gasteiger partial charge in [0.2, 0.25) is 5.91 Å². The molecule has 6 heteroatoms. The average molecular weight is 461 g/mol. The monoisotopic (exact) mass is 460 g/mol. The molecule has 1 atom stereocenters. The summed E-state index contributed by atoms with van der Waals surface area (Å²) in [5.74, 6) is 0.431. The first-order valence-corrected chi connectivity index (χ1v) is 12.7. The Morgan fingerprint density at radius 2 is 1.91 bits per heavy atom. The Bertz CT molecular complexity index is 1180. The van der Waals surface area contributed by atoms with Gasteiger partial charge in [-0.1, -0.05) is 35.9 Å². The maximum absolute atomic E-state index is 13.8. The Kier molecular flexibility index (Phi) is 5.89. The lowest BCUT2D eigenvalue weighted by Gasteiger charge is -2.33. The van der Waals surface area contributed by atoms with E-state index in [0.717, 1.165) is 45.3 Å². The minimum atomic E-state index is -0.403. The Balaban J connectivity index is 1.58. The fraction of sp³-hybridized carbons (Fsp3) is 0.231. The number of anilines is 2. The van der Waals surface area contributed by atoms with Gasteiger partial charge in [0.05, 0.1) is 17.1 Å². The zero-order chi connectivity index (χ0) is 22.1. The van der Waals surface area contributed by atoms with Gasteiger partial charge in [-0.2, -0.15) is 0 Å². The molecular weight excluding hydrogens is 436 g/mol. The number of carbonyl (C=O) groups excluding carboxylic acids is 2. The number of nitrogens with zero attached hydrogens (tertiary/aromatic N) is 1. The molecule has 0 radical (unpaired) electrons. The molecule has 2 aromatic carbocycles. The average Bonchev–Trinajstić information content (AvgIpc) is 3.28. The number of aryl methyl sites for hydroxylation is 1. The van der Waals surface area contributed by atoms with E-state index < -0.39 is 6.04 Å². The number of hydrogen-bond acceptors (Lipinski definition) is 5. The summed E-state index contributed by atoms with van der Waals surface area (Å²) in [5.41, 5.74) is 4.59. The Labute approximate surface area is 196 Å². The van der Waals surface area contributed by atoms with Crippen molar-refractivity contribution in [2.75, 3.05) is 16.0 Å². The van der Waals surface area contributed by atoms with E-state index in [1.807, 2.05) is 58.8 Å². The highest BCUT2D eigenvalue weighted by Crippen LogP contribution is 2.46. The molecule has 0 saturated carbocycles. The SMILES string of the molecule is Cc1ccc(SCC(=O)N2c3ccccc3NC3=C(C(=O)CCC3)[C@@H]2c2cccs2)cc1. The number of carbonyl (C=O) groups is 2. The molecule has 1 amide bonds. The lowest BCUT2D eigenvalue weighted by molar-refractivity contribution is -0.117. The standard InChI is InChI=1S/C26H24N2O2S2/c1-17-11-13-18(14-12-17)32-16-24(30)28-21-8-3-2-6-19(21)27-20-7-4-9-22(29)25(20)26(28)23-10-5-15-31-23/h2-3,5-6,8,10-15,26-27H,4,7,9,16H2,1H3/t26-/m0/s1. The highest BCUT2D eigenvalue weighted by molar-refractivity contribution is 8.00. The first-order valence-electron chi connectivity index (χ1n) is 10.8. The topological polar surface area (TPSA) is 49.4 Å². The maximum Gasteiger partial charge on any atom is 0.238 e. The molecule has 1 N–H and O–H groups in total. The summed E-state index contributed by atoms with van der Waals surface area (Å²) in [7, 11) is 0. The van der Waals surface area contributed by atoms with Crippen LogP contribution in [0.25, 0.3) is 0 Å². The number of fused-ring (bicyclic) bond motifs is 1. The van der Waals surface area contributed by atoms with Crippen molar-refractivity contribution in [3.8, 4) is 0 Å². The van der Waals surface area contributed by atoms with Crippen molar-refractivity contribution in [3.63, 3.8) is 0 Å². The van der Waals surface area contributed by atoms with Crippen molar-refractivity contribution in [3.05, 3.63) is 87.8 Å². The quantitative estimate of drug-likeness (QED) is 0.461.